The van der Waals surface area contributed by atoms with Crippen molar-refractivity contribution in [1.82, 2.24) is 4.98 Å². The zero-order valence-corrected chi connectivity index (χ0v) is 8.59. The zero-order chi connectivity index (χ0) is 11.5. The zero-order valence-electron chi connectivity index (χ0n) is 7.69. The van der Waals surface area contributed by atoms with Gasteiger partial charge in [0.2, 0.25) is 5.89 Å². The van der Waals surface area contributed by atoms with Crippen LogP contribution >= 0.6 is 7.82 Å². The molecule has 1 aromatic rings. The van der Waals surface area contributed by atoms with Crippen LogP contribution in [0.3, 0.4) is 0 Å². The number of hydrogen-bond acceptors (Lipinski definition) is 6. The van der Waals surface area contributed by atoms with Gasteiger partial charge in [-0.25, -0.2) is 9.55 Å². The molecule has 1 aromatic heterocycles. The molecule has 9 heteroatoms. The minimum atomic E-state index is -4.51. The van der Waals surface area contributed by atoms with Gasteiger partial charge in [0.05, 0.1) is 0 Å². The van der Waals surface area contributed by atoms with Gasteiger partial charge >= 0.3 is 7.82 Å². The van der Waals surface area contributed by atoms with Crippen molar-refractivity contribution in [3.8, 4) is 0 Å². The maximum absolute atomic E-state index is 10.4. The number of hydrogen-bond donors (Lipinski definition) is 3. The Bertz CT molecular complexity index is 408. The maximum atomic E-state index is 10.4. The molecule has 0 unspecified atom stereocenters. The van der Waals surface area contributed by atoms with E-state index >= 15 is 0 Å². The first-order chi connectivity index (χ1) is 6.92. The van der Waals surface area contributed by atoms with E-state index in [0.29, 0.717) is 0 Å². The summed E-state index contributed by atoms with van der Waals surface area (Å²) in [6.07, 6.45) is 1.15. The van der Waals surface area contributed by atoms with Crippen LogP contribution in [0.1, 0.15) is 18.5 Å². The molecule has 1 heterocycles. The Morgan fingerprint density at radius 3 is 2.93 bits per heavy atom. The summed E-state index contributed by atoms with van der Waals surface area (Å²) in [6, 6.07) is 0. The molecule has 0 aromatic carbocycles. The average molecular weight is 236 g/mol. The van der Waals surface area contributed by atoms with Gasteiger partial charge in [-0.05, 0) is 6.92 Å². The van der Waals surface area contributed by atoms with Gasteiger partial charge in [0.25, 0.3) is 0 Å². The largest absolute Gasteiger partial charge is 0.469 e. The normalized spacial score (nSPS) is 13.1. The first-order valence-electron chi connectivity index (χ1n) is 3.76. The second-order valence-corrected chi connectivity index (χ2v) is 3.83. The molecule has 0 aliphatic rings. The molecule has 0 aliphatic carbocycles. The van der Waals surface area contributed by atoms with Gasteiger partial charge in [-0.2, -0.15) is 0 Å². The van der Waals surface area contributed by atoms with Gasteiger partial charge < -0.3 is 19.4 Å². The number of nitrogens with zero attached hydrogens (tertiary/aromatic N) is 2. The van der Waals surface area contributed by atoms with E-state index in [9.17, 15) is 4.57 Å². The smallest absolute Gasteiger partial charge is 0.443 e. The van der Waals surface area contributed by atoms with Crippen LogP contribution in [0.25, 0.3) is 0 Å². The van der Waals surface area contributed by atoms with Gasteiger partial charge in [0.15, 0.2) is 0 Å². The Kier molecular flexibility index (Phi) is 3.59. The molecule has 0 radical (unpaired) electrons. The summed E-state index contributed by atoms with van der Waals surface area (Å²) in [7, 11) is -4.51. The van der Waals surface area contributed by atoms with Gasteiger partial charge in [0, 0.05) is 0 Å². The highest BCUT2D eigenvalue weighted by Gasteiger charge is 2.16. The van der Waals surface area contributed by atoms with Gasteiger partial charge in [-0.3, -0.25) is 4.52 Å². The second kappa shape index (κ2) is 4.54. The average Bonchev–Trinajstić information content (AvgIpc) is 2.61. The topological polar surface area (TPSA) is 125 Å². The molecule has 84 valence electrons. The number of aromatic nitrogens is 1. The monoisotopic (exact) mass is 236 g/mol. The van der Waals surface area contributed by atoms with Crippen molar-refractivity contribution in [1.29, 1.82) is 0 Å². The molecular weight excluding hydrogens is 227 g/mol. The van der Waals surface area contributed by atoms with E-state index in [-0.39, 0.29) is 23.9 Å². The van der Waals surface area contributed by atoms with Crippen LogP contribution in [0.15, 0.2) is 15.8 Å². The lowest BCUT2D eigenvalue weighted by molar-refractivity contribution is 0.187. The van der Waals surface area contributed by atoms with Crippen LogP contribution in [0.4, 0.5) is 0 Å². The van der Waals surface area contributed by atoms with Crippen LogP contribution in [0, 0.1) is 0 Å². The molecule has 0 spiro atoms. The van der Waals surface area contributed by atoms with Crippen LogP contribution in [-0.4, -0.2) is 25.7 Å². The molecule has 0 aliphatic heterocycles. The fraction of sp³-hybridized carbons (Fsp3) is 0.333. The van der Waals surface area contributed by atoms with Crippen molar-refractivity contribution < 1.29 is 28.5 Å². The lowest BCUT2D eigenvalue weighted by Gasteiger charge is -2.01. The van der Waals surface area contributed by atoms with Crippen molar-refractivity contribution in [2.45, 2.75) is 13.5 Å². The van der Waals surface area contributed by atoms with Crippen molar-refractivity contribution in [3.63, 3.8) is 0 Å². The lowest BCUT2D eigenvalue weighted by atomic mass is 10.4. The molecule has 3 N–H and O–H groups in total. The van der Waals surface area contributed by atoms with E-state index < -0.39 is 7.82 Å². The van der Waals surface area contributed by atoms with Crippen LogP contribution in [-0.2, 0) is 15.7 Å². The molecule has 0 fully saturated rings. The predicted molar refractivity (Wildman–Crippen MR) is 47.3 cm³/mol. The number of oxime groups is 1. The molecule has 0 bridgehead atoms. The highest BCUT2D eigenvalue weighted by molar-refractivity contribution is 7.46. The number of phosphoric acid groups is 1. The van der Waals surface area contributed by atoms with Crippen molar-refractivity contribution in [3.05, 3.63) is 17.8 Å². The molecule has 0 saturated heterocycles. The van der Waals surface area contributed by atoms with E-state index in [1.165, 1.54) is 6.92 Å². The molecular formula is C6H9N2O6P. The summed E-state index contributed by atoms with van der Waals surface area (Å²) in [5, 5.41) is 11.2. The summed E-state index contributed by atoms with van der Waals surface area (Å²) in [5.74, 6) is 0.0572. The Morgan fingerprint density at radius 2 is 2.40 bits per heavy atom. The van der Waals surface area contributed by atoms with E-state index in [0.717, 1.165) is 6.26 Å². The standard InChI is InChI=1S/C6H9N2O6P/c1-4(8-9)6-7-5(2-13-6)3-14-15(10,11)12/h2,9H,3H2,1H3,(H2,10,11,12)/b8-4+. The molecule has 0 saturated carbocycles. The second-order valence-electron chi connectivity index (χ2n) is 2.59. The third-order valence-electron chi connectivity index (χ3n) is 1.39. The Morgan fingerprint density at radius 1 is 1.73 bits per heavy atom. The highest BCUT2D eigenvalue weighted by atomic mass is 31.2. The minimum absolute atomic E-state index is 0.0572. The molecule has 1 rings (SSSR count). The van der Waals surface area contributed by atoms with Crippen molar-refractivity contribution in [2.75, 3.05) is 0 Å². The molecule has 0 amide bonds. The number of rotatable bonds is 4. The van der Waals surface area contributed by atoms with Crippen molar-refractivity contribution in [2.24, 2.45) is 5.16 Å². The highest BCUT2D eigenvalue weighted by Crippen LogP contribution is 2.36. The Labute approximate surface area is 84.4 Å². The summed E-state index contributed by atoms with van der Waals surface area (Å²) >= 11 is 0. The third kappa shape index (κ3) is 3.80. The maximum Gasteiger partial charge on any atom is 0.469 e. The van der Waals surface area contributed by atoms with E-state index in [2.05, 4.69) is 14.7 Å². The van der Waals surface area contributed by atoms with Crippen LogP contribution in [0.5, 0.6) is 0 Å². The molecule has 8 nitrogen and oxygen atoms in total. The SMILES string of the molecule is C/C(=N\O)c1nc(COP(=O)(O)O)co1. The summed E-state index contributed by atoms with van der Waals surface area (Å²) in [4.78, 5) is 20.6. The molecule has 15 heavy (non-hydrogen) atoms. The summed E-state index contributed by atoms with van der Waals surface area (Å²) in [5.41, 5.74) is 0.341. The van der Waals surface area contributed by atoms with E-state index in [4.69, 9.17) is 19.4 Å². The fourth-order valence-electron chi connectivity index (χ4n) is 0.732. The summed E-state index contributed by atoms with van der Waals surface area (Å²) < 4.78 is 19.4. The van der Waals surface area contributed by atoms with E-state index in [1.54, 1.807) is 0 Å². The first kappa shape index (κ1) is 11.9. The number of oxazole rings is 1. The van der Waals surface area contributed by atoms with Gasteiger partial charge in [-0.15, -0.1) is 0 Å². The van der Waals surface area contributed by atoms with Gasteiger partial charge in [0.1, 0.15) is 24.3 Å². The molecule has 0 atom stereocenters. The summed E-state index contributed by atoms with van der Waals surface area (Å²) in [6.45, 7) is 1.08. The number of phosphoric ester groups is 1. The Hall–Kier alpha value is -1.21. The third-order valence-corrected chi connectivity index (χ3v) is 1.86. The minimum Gasteiger partial charge on any atom is -0.443 e. The van der Waals surface area contributed by atoms with Crippen LogP contribution < -0.4 is 0 Å². The quantitative estimate of drug-likeness (QED) is 0.300. The lowest BCUT2D eigenvalue weighted by Crippen LogP contribution is -1.96. The Balaban J connectivity index is 2.65. The van der Waals surface area contributed by atoms with Crippen LogP contribution in [0.2, 0.25) is 0 Å². The fourth-order valence-corrected chi connectivity index (χ4v) is 1.03. The first-order valence-corrected chi connectivity index (χ1v) is 5.29. The predicted octanol–water partition coefficient (Wildman–Crippen LogP) is 0.482. The van der Waals surface area contributed by atoms with Gasteiger partial charge in [-0.1, -0.05) is 5.16 Å². The van der Waals surface area contributed by atoms with Crippen molar-refractivity contribution >= 4 is 13.5 Å². The van der Waals surface area contributed by atoms with E-state index in [1.807, 2.05) is 0 Å².